The molecule has 1 aliphatic heterocycles. The van der Waals surface area contributed by atoms with E-state index in [1.165, 1.54) is 17.0 Å². The number of nitrogens with zero attached hydrogens (tertiary/aromatic N) is 4. The number of nitrogens with one attached hydrogen (secondary N) is 1. The number of aromatic nitrogens is 2. The molecule has 5 nitrogen and oxygen atoms in total. The largest absolute Gasteiger partial charge is 0.328 e. The fourth-order valence-electron chi connectivity index (χ4n) is 3.62. The van der Waals surface area contributed by atoms with Gasteiger partial charge in [-0.1, -0.05) is 53.7 Å². The molecule has 0 bridgehead atoms. The van der Waals surface area contributed by atoms with Gasteiger partial charge in [-0.3, -0.25) is 0 Å². The molecule has 0 saturated carbocycles. The predicted octanol–water partition coefficient (Wildman–Crippen LogP) is 5.04. The number of aryl methyl sites for hydroxylation is 2. The Morgan fingerprint density at radius 1 is 1.07 bits per heavy atom. The molecule has 0 aliphatic carbocycles. The maximum atomic E-state index is 5.02. The first kappa shape index (κ1) is 22.3. The van der Waals surface area contributed by atoms with Gasteiger partial charge in [0, 0.05) is 16.4 Å². The molecule has 1 aromatic carbocycles. The Morgan fingerprint density at radius 3 is 2.30 bits per heavy atom. The molecule has 1 aromatic heterocycles. The zero-order valence-electron chi connectivity index (χ0n) is 20.3. The van der Waals surface area contributed by atoms with Gasteiger partial charge in [-0.2, -0.15) is 0 Å². The molecule has 1 unspecified atom stereocenters. The van der Waals surface area contributed by atoms with Crippen LogP contribution in [0.5, 0.6) is 0 Å². The molecule has 5 heteroatoms. The van der Waals surface area contributed by atoms with Crippen LogP contribution in [-0.4, -0.2) is 22.4 Å². The van der Waals surface area contributed by atoms with Crippen LogP contribution < -0.4 is 9.88 Å². The summed E-state index contributed by atoms with van der Waals surface area (Å²) in [7, 11) is 2.11. The summed E-state index contributed by atoms with van der Waals surface area (Å²) in [6, 6.07) is 7.01. The van der Waals surface area contributed by atoms with Crippen LogP contribution in [0.15, 0.2) is 40.6 Å². The minimum atomic E-state index is -0.108. The highest BCUT2D eigenvalue weighted by Gasteiger charge is 2.32. The minimum absolute atomic E-state index is 0.0455. The van der Waals surface area contributed by atoms with Crippen molar-refractivity contribution >= 4 is 11.7 Å². The van der Waals surface area contributed by atoms with Crippen LogP contribution in [0.1, 0.15) is 72.6 Å². The van der Waals surface area contributed by atoms with Crippen molar-refractivity contribution in [3.63, 3.8) is 0 Å². The van der Waals surface area contributed by atoms with E-state index in [0.717, 1.165) is 17.2 Å². The molecule has 0 spiro atoms. The molecule has 30 heavy (non-hydrogen) atoms. The van der Waals surface area contributed by atoms with E-state index in [9.17, 15) is 0 Å². The Morgan fingerprint density at radius 2 is 1.73 bits per heavy atom. The number of benzene rings is 1. The minimum Gasteiger partial charge on any atom is -0.328 e. The van der Waals surface area contributed by atoms with Gasteiger partial charge in [-0.05, 0) is 32.4 Å². The van der Waals surface area contributed by atoms with E-state index in [4.69, 9.17) is 9.98 Å². The van der Waals surface area contributed by atoms with Crippen LogP contribution in [0.2, 0.25) is 0 Å². The fourth-order valence-corrected chi connectivity index (χ4v) is 3.62. The van der Waals surface area contributed by atoms with Crippen molar-refractivity contribution < 1.29 is 4.57 Å². The number of imidazole rings is 1. The molecule has 1 N–H and O–H groups in total. The molecule has 162 valence electrons. The molecule has 0 fully saturated rings. The number of aliphatic imine (C=N–C) groups is 2. The van der Waals surface area contributed by atoms with Gasteiger partial charge in [0.25, 0.3) is 5.82 Å². The molecular formula is C25H38N5+. The van der Waals surface area contributed by atoms with Gasteiger partial charge >= 0.3 is 0 Å². The summed E-state index contributed by atoms with van der Waals surface area (Å²) in [5.41, 5.74) is 3.46. The van der Waals surface area contributed by atoms with E-state index in [0.29, 0.717) is 6.04 Å². The van der Waals surface area contributed by atoms with E-state index in [1.807, 2.05) is 0 Å². The first-order valence-corrected chi connectivity index (χ1v) is 10.9. The number of amidine groups is 2. The average Bonchev–Trinajstić information content (AvgIpc) is 3.02. The maximum Gasteiger partial charge on any atom is 0.289 e. The van der Waals surface area contributed by atoms with Crippen molar-refractivity contribution in [2.75, 3.05) is 0 Å². The number of hydrogen-bond donors (Lipinski definition) is 1. The quantitative estimate of drug-likeness (QED) is 0.711. The maximum absolute atomic E-state index is 5.02. The lowest BCUT2D eigenvalue weighted by molar-refractivity contribution is -0.659. The van der Waals surface area contributed by atoms with Crippen LogP contribution in [0, 0.1) is 17.8 Å². The topological polar surface area (TPSA) is 45.6 Å². The van der Waals surface area contributed by atoms with E-state index in [-0.39, 0.29) is 17.0 Å². The van der Waals surface area contributed by atoms with Crippen molar-refractivity contribution in [2.24, 2.45) is 27.9 Å². The Balaban J connectivity index is 2.12. The van der Waals surface area contributed by atoms with Crippen molar-refractivity contribution in [1.82, 2.24) is 9.88 Å². The lowest BCUT2D eigenvalue weighted by Crippen LogP contribution is -2.46. The SMILES string of the molecule is Cc1ccc(C2=NC(C(C)(C)C)N=C(C(C)(C)C)N2)cc1-c1n(C(C)C)cc[n+]1C. The van der Waals surface area contributed by atoms with Gasteiger partial charge in [-0.15, -0.1) is 0 Å². The third-order valence-corrected chi connectivity index (χ3v) is 5.56. The van der Waals surface area contributed by atoms with Gasteiger partial charge in [0.15, 0.2) is 0 Å². The fraction of sp³-hybridized carbons (Fsp3) is 0.560. The highest BCUT2D eigenvalue weighted by molar-refractivity contribution is 6.12. The van der Waals surface area contributed by atoms with Crippen molar-refractivity contribution in [1.29, 1.82) is 0 Å². The number of hydrogen-bond acceptors (Lipinski definition) is 3. The standard InChI is InChI=1S/C25H38N5/c1-16(2)30-14-13-29(10)21(30)19-15-18(12-11-17(19)3)20-26-22(24(4,5)6)28-23(27-20)25(7,8)9/h11-16,22H,1-10H3,(H,26,27,28)/q+1. The number of rotatable bonds is 3. The van der Waals surface area contributed by atoms with Gasteiger partial charge in [0.1, 0.15) is 30.2 Å². The zero-order chi connectivity index (χ0) is 22.4. The second-order valence-corrected chi connectivity index (χ2v) is 10.8. The molecule has 0 amide bonds. The van der Waals surface area contributed by atoms with E-state index < -0.39 is 0 Å². The Hall–Kier alpha value is -2.43. The molecule has 1 aliphatic rings. The summed E-state index contributed by atoms with van der Waals surface area (Å²) in [5.74, 6) is 3.10. The van der Waals surface area contributed by atoms with Crippen LogP contribution in [-0.2, 0) is 7.05 Å². The Bertz CT molecular complexity index is 994. The van der Waals surface area contributed by atoms with Gasteiger partial charge in [0.2, 0.25) is 0 Å². The Labute approximate surface area is 182 Å². The van der Waals surface area contributed by atoms with E-state index in [2.05, 4.69) is 114 Å². The Kier molecular flexibility index (Phi) is 5.70. The molecule has 0 saturated heterocycles. The normalized spacial score (nSPS) is 17.6. The highest BCUT2D eigenvalue weighted by Crippen LogP contribution is 2.30. The van der Waals surface area contributed by atoms with Crippen molar-refractivity contribution in [2.45, 2.75) is 74.5 Å². The van der Waals surface area contributed by atoms with Crippen molar-refractivity contribution in [3.8, 4) is 11.4 Å². The first-order valence-electron chi connectivity index (χ1n) is 10.9. The molecule has 0 radical (unpaired) electrons. The predicted molar refractivity (Wildman–Crippen MR) is 126 cm³/mol. The van der Waals surface area contributed by atoms with E-state index >= 15 is 0 Å². The second-order valence-electron chi connectivity index (χ2n) is 10.8. The van der Waals surface area contributed by atoms with Gasteiger partial charge in [0.05, 0.1) is 18.7 Å². The van der Waals surface area contributed by atoms with Crippen LogP contribution in [0.3, 0.4) is 0 Å². The zero-order valence-corrected chi connectivity index (χ0v) is 20.3. The molecule has 2 heterocycles. The van der Waals surface area contributed by atoms with Crippen LogP contribution in [0.25, 0.3) is 11.4 Å². The first-order chi connectivity index (χ1) is 13.8. The summed E-state index contributed by atoms with van der Waals surface area (Å²) >= 11 is 0. The van der Waals surface area contributed by atoms with Crippen molar-refractivity contribution in [3.05, 3.63) is 41.7 Å². The smallest absolute Gasteiger partial charge is 0.289 e. The summed E-state index contributed by atoms with van der Waals surface area (Å²) < 4.78 is 4.52. The monoisotopic (exact) mass is 408 g/mol. The summed E-state index contributed by atoms with van der Waals surface area (Å²) in [6.07, 6.45) is 4.17. The van der Waals surface area contributed by atoms with Crippen LogP contribution >= 0.6 is 0 Å². The van der Waals surface area contributed by atoms with Crippen LogP contribution in [0.4, 0.5) is 0 Å². The second kappa shape index (κ2) is 7.68. The highest BCUT2D eigenvalue weighted by atomic mass is 15.2. The van der Waals surface area contributed by atoms with Gasteiger partial charge < -0.3 is 5.32 Å². The average molecular weight is 409 g/mol. The molecular weight excluding hydrogens is 370 g/mol. The summed E-state index contributed by atoms with van der Waals surface area (Å²) in [6.45, 7) is 19.8. The third-order valence-electron chi connectivity index (χ3n) is 5.56. The summed E-state index contributed by atoms with van der Waals surface area (Å²) in [5, 5.41) is 3.54. The van der Waals surface area contributed by atoms with E-state index in [1.54, 1.807) is 0 Å². The summed E-state index contributed by atoms with van der Waals surface area (Å²) in [4.78, 5) is 9.97. The molecule has 1 atom stereocenters. The third kappa shape index (κ3) is 4.35. The molecule has 3 rings (SSSR count). The van der Waals surface area contributed by atoms with Gasteiger partial charge in [-0.25, -0.2) is 19.1 Å². The lowest BCUT2D eigenvalue weighted by Gasteiger charge is -2.34. The lowest BCUT2D eigenvalue weighted by atomic mass is 9.89. The molecule has 2 aromatic rings.